The van der Waals surface area contributed by atoms with Gasteiger partial charge in [-0.1, -0.05) is 0 Å². The van der Waals surface area contributed by atoms with Crippen LogP contribution in [0, 0.1) is 13.8 Å². The molecule has 0 saturated carbocycles. The smallest absolute Gasteiger partial charge is 0.0624 e. The first-order chi connectivity index (χ1) is 8.22. The van der Waals surface area contributed by atoms with E-state index < -0.39 is 0 Å². The van der Waals surface area contributed by atoms with Gasteiger partial charge in [0.05, 0.1) is 22.8 Å². The van der Waals surface area contributed by atoms with Crippen molar-refractivity contribution in [3.8, 4) is 22.8 Å². The van der Waals surface area contributed by atoms with E-state index in [9.17, 15) is 0 Å². The lowest BCUT2D eigenvalue weighted by atomic mass is 10.3. The summed E-state index contributed by atoms with van der Waals surface area (Å²) in [6.45, 7) is 4.16. The number of aromatic nitrogens is 3. The van der Waals surface area contributed by atoms with Gasteiger partial charge >= 0.3 is 0 Å². The standard InChI is InChI=1S/C14H15N3/c1-9-5-13(15-7-9)11-3-4-12(17-11)14-6-10(2)8-16-14/h3-8,15-17H,1-2H3. The van der Waals surface area contributed by atoms with Crippen molar-refractivity contribution in [3.05, 3.63) is 47.8 Å². The molecule has 3 heteroatoms. The van der Waals surface area contributed by atoms with Crippen LogP contribution in [0.4, 0.5) is 0 Å². The van der Waals surface area contributed by atoms with E-state index in [4.69, 9.17) is 0 Å². The summed E-state index contributed by atoms with van der Waals surface area (Å²) >= 11 is 0. The number of hydrogen-bond acceptors (Lipinski definition) is 0. The Bertz CT molecular complexity index is 585. The third-order valence-electron chi connectivity index (χ3n) is 2.92. The zero-order chi connectivity index (χ0) is 11.8. The molecule has 0 aliphatic rings. The molecule has 3 aromatic rings. The number of hydrogen-bond donors (Lipinski definition) is 3. The molecule has 0 spiro atoms. The van der Waals surface area contributed by atoms with Gasteiger partial charge in [-0.05, 0) is 49.2 Å². The molecule has 0 aliphatic carbocycles. The van der Waals surface area contributed by atoms with E-state index in [2.05, 4.69) is 53.1 Å². The lowest BCUT2D eigenvalue weighted by Gasteiger charge is -1.94. The normalized spacial score (nSPS) is 10.9. The van der Waals surface area contributed by atoms with Crippen molar-refractivity contribution in [2.45, 2.75) is 13.8 Å². The maximum atomic E-state index is 3.41. The van der Waals surface area contributed by atoms with Gasteiger partial charge in [0, 0.05) is 12.4 Å². The van der Waals surface area contributed by atoms with Crippen molar-refractivity contribution < 1.29 is 0 Å². The highest BCUT2D eigenvalue weighted by atomic mass is 14.8. The van der Waals surface area contributed by atoms with Gasteiger partial charge in [0.2, 0.25) is 0 Å². The second-order valence-electron chi connectivity index (χ2n) is 4.47. The molecule has 3 rings (SSSR count). The first-order valence-corrected chi connectivity index (χ1v) is 5.72. The number of aryl methyl sites for hydroxylation is 2. The highest BCUT2D eigenvalue weighted by Crippen LogP contribution is 2.23. The molecule has 86 valence electrons. The van der Waals surface area contributed by atoms with Gasteiger partial charge in [-0.2, -0.15) is 0 Å². The van der Waals surface area contributed by atoms with Crippen LogP contribution in [0.2, 0.25) is 0 Å². The molecular weight excluding hydrogens is 210 g/mol. The fourth-order valence-corrected chi connectivity index (χ4v) is 2.03. The molecule has 0 bridgehead atoms. The summed E-state index contributed by atoms with van der Waals surface area (Å²) in [4.78, 5) is 9.91. The van der Waals surface area contributed by atoms with E-state index in [1.807, 2.05) is 12.4 Å². The van der Waals surface area contributed by atoms with Gasteiger partial charge in [-0.15, -0.1) is 0 Å². The van der Waals surface area contributed by atoms with E-state index >= 15 is 0 Å². The first kappa shape index (κ1) is 10.0. The summed E-state index contributed by atoms with van der Waals surface area (Å²) in [7, 11) is 0. The van der Waals surface area contributed by atoms with Crippen LogP contribution in [-0.2, 0) is 0 Å². The molecule has 0 radical (unpaired) electrons. The van der Waals surface area contributed by atoms with Gasteiger partial charge < -0.3 is 15.0 Å². The SMILES string of the molecule is Cc1c[nH]c(-c2ccc(-c3cc(C)c[nH]3)[nH]2)c1. The van der Waals surface area contributed by atoms with Gasteiger partial charge in [0.1, 0.15) is 0 Å². The molecule has 3 N–H and O–H groups in total. The fraction of sp³-hybridized carbons (Fsp3) is 0.143. The van der Waals surface area contributed by atoms with Crippen LogP contribution < -0.4 is 0 Å². The van der Waals surface area contributed by atoms with Crippen molar-refractivity contribution in [2.24, 2.45) is 0 Å². The maximum Gasteiger partial charge on any atom is 0.0624 e. The minimum atomic E-state index is 1.11. The number of nitrogens with one attached hydrogen (secondary N) is 3. The topological polar surface area (TPSA) is 47.4 Å². The predicted molar refractivity (Wildman–Crippen MR) is 69.8 cm³/mol. The molecule has 17 heavy (non-hydrogen) atoms. The van der Waals surface area contributed by atoms with Gasteiger partial charge in [-0.25, -0.2) is 0 Å². The quantitative estimate of drug-likeness (QED) is 0.596. The van der Waals surface area contributed by atoms with E-state index in [-0.39, 0.29) is 0 Å². The van der Waals surface area contributed by atoms with E-state index in [1.165, 1.54) is 11.1 Å². The third-order valence-corrected chi connectivity index (χ3v) is 2.92. The number of H-pyrrole nitrogens is 3. The van der Waals surface area contributed by atoms with Crippen LogP contribution in [0.1, 0.15) is 11.1 Å². The first-order valence-electron chi connectivity index (χ1n) is 5.72. The molecule has 0 aromatic carbocycles. The van der Waals surface area contributed by atoms with Crippen LogP contribution >= 0.6 is 0 Å². The van der Waals surface area contributed by atoms with E-state index in [1.54, 1.807) is 0 Å². The molecule has 0 atom stereocenters. The summed E-state index contributed by atoms with van der Waals surface area (Å²) in [5, 5.41) is 0. The Balaban J connectivity index is 1.98. The van der Waals surface area contributed by atoms with Gasteiger partial charge in [-0.3, -0.25) is 0 Å². The summed E-state index contributed by atoms with van der Waals surface area (Å²) in [6.07, 6.45) is 4.02. The van der Waals surface area contributed by atoms with Crippen molar-refractivity contribution in [2.75, 3.05) is 0 Å². The second-order valence-corrected chi connectivity index (χ2v) is 4.47. The highest BCUT2D eigenvalue weighted by molar-refractivity contribution is 5.65. The summed E-state index contributed by atoms with van der Waals surface area (Å²) in [5.41, 5.74) is 6.95. The van der Waals surface area contributed by atoms with E-state index in [0.717, 1.165) is 22.8 Å². The van der Waals surface area contributed by atoms with E-state index in [0.29, 0.717) is 0 Å². The molecular formula is C14H15N3. The monoisotopic (exact) mass is 225 g/mol. The average molecular weight is 225 g/mol. The molecule has 0 fully saturated rings. The van der Waals surface area contributed by atoms with Gasteiger partial charge in [0.25, 0.3) is 0 Å². The Morgan fingerprint density at radius 3 is 1.53 bits per heavy atom. The second kappa shape index (κ2) is 3.70. The van der Waals surface area contributed by atoms with Crippen LogP contribution in [0.5, 0.6) is 0 Å². The Labute approximate surface area is 99.9 Å². The van der Waals surface area contributed by atoms with Crippen molar-refractivity contribution in [3.63, 3.8) is 0 Å². The lowest BCUT2D eigenvalue weighted by Crippen LogP contribution is -1.79. The van der Waals surface area contributed by atoms with Crippen molar-refractivity contribution in [1.29, 1.82) is 0 Å². The van der Waals surface area contributed by atoms with Crippen molar-refractivity contribution in [1.82, 2.24) is 15.0 Å². The summed E-state index contributed by atoms with van der Waals surface area (Å²) < 4.78 is 0. The third kappa shape index (κ3) is 1.80. The zero-order valence-corrected chi connectivity index (χ0v) is 9.96. The molecule has 0 unspecified atom stereocenters. The summed E-state index contributed by atoms with van der Waals surface area (Å²) in [6, 6.07) is 8.46. The Morgan fingerprint density at radius 1 is 0.706 bits per heavy atom. The Morgan fingerprint density at radius 2 is 1.18 bits per heavy atom. The Kier molecular flexibility index (Phi) is 2.18. The average Bonchev–Trinajstić information content (AvgIpc) is 2.96. The van der Waals surface area contributed by atoms with Crippen molar-refractivity contribution >= 4 is 0 Å². The lowest BCUT2D eigenvalue weighted by molar-refractivity contribution is 1.30. The number of aromatic amines is 3. The summed E-state index contributed by atoms with van der Waals surface area (Å²) in [5.74, 6) is 0. The molecule has 0 aliphatic heterocycles. The fourth-order valence-electron chi connectivity index (χ4n) is 2.03. The molecule has 0 saturated heterocycles. The van der Waals surface area contributed by atoms with Gasteiger partial charge in [0.15, 0.2) is 0 Å². The Hall–Kier alpha value is -2.16. The molecule has 3 nitrogen and oxygen atoms in total. The molecule has 3 aromatic heterocycles. The maximum absolute atomic E-state index is 3.41. The van der Waals surface area contributed by atoms with Crippen LogP contribution in [0.25, 0.3) is 22.8 Å². The van der Waals surface area contributed by atoms with Crippen LogP contribution in [-0.4, -0.2) is 15.0 Å². The molecule has 3 heterocycles. The van der Waals surface area contributed by atoms with Crippen LogP contribution in [0.15, 0.2) is 36.7 Å². The predicted octanol–water partition coefficient (Wildman–Crippen LogP) is 3.62. The largest absolute Gasteiger partial charge is 0.360 e. The minimum Gasteiger partial charge on any atom is -0.360 e. The zero-order valence-electron chi connectivity index (χ0n) is 9.96. The van der Waals surface area contributed by atoms with Crippen LogP contribution in [0.3, 0.4) is 0 Å². The molecule has 0 amide bonds. The number of rotatable bonds is 2. The highest BCUT2D eigenvalue weighted by Gasteiger charge is 2.06. The minimum absolute atomic E-state index is 1.11.